The van der Waals surface area contributed by atoms with Crippen molar-refractivity contribution in [3.05, 3.63) is 60.3 Å². The molecule has 0 saturated heterocycles. The van der Waals surface area contributed by atoms with Crippen LogP contribution < -0.4 is 4.74 Å². The van der Waals surface area contributed by atoms with E-state index in [1.807, 2.05) is 61.5 Å². The molecule has 3 aromatic rings. The van der Waals surface area contributed by atoms with Crippen molar-refractivity contribution in [2.45, 2.75) is 53.1 Å². The molecule has 0 radical (unpaired) electrons. The molecule has 0 spiro atoms. The van der Waals surface area contributed by atoms with Crippen LogP contribution in [0.25, 0.3) is 22.8 Å². The van der Waals surface area contributed by atoms with Gasteiger partial charge in [-0.15, -0.1) is 0 Å². The summed E-state index contributed by atoms with van der Waals surface area (Å²) in [5.41, 5.74) is 4.91. The number of fused-ring (bicyclic) bond motifs is 2. The van der Waals surface area contributed by atoms with E-state index in [0.29, 0.717) is 11.3 Å². The molecular formula is C26H29N3O. The molecule has 3 heterocycles. The molecule has 2 fully saturated rings. The highest BCUT2D eigenvalue weighted by atomic mass is 16.5. The summed E-state index contributed by atoms with van der Waals surface area (Å²) in [7, 11) is 0. The minimum Gasteiger partial charge on any atom is -0.474 e. The minimum absolute atomic E-state index is 0.213. The van der Waals surface area contributed by atoms with Crippen molar-refractivity contribution in [1.29, 1.82) is 0 Å². The number of hydrogen-bond acceptors (Lipinski definition) is 4. The van der Waals surface area contributed by atoms with E-state index < -0.39 is 0 Å². The number of pyridine rings is 3. The Kier molecular flexibility index (Phi) is 4.42. The number of aromatic nitrogens is 3. The second kappa shape index (κ2) is 6.90. The molecule has 2 saturated carbocycles. The van der Waals surface area contributed by atoms with Crippen LogP contribution in [0.5, 0.6) is 5.88 Å². The highest BCUT2D eigenvalue weighted by Gasteiger charge is 2.62. The first kappa shape index (κ1) is 19.2. The van der Waals surface area contributed by atoms with E-state index in [1.54, 1.807) is 0 Å². The fourth-order valence-corrected chi connectivity index (χ4v) is 5.48. The van der Waals surface area contributed by atoms with Crippen molar-refractivity contribution in [2.75, 3.05) is 0 Å². The molecule has 2 aliphatic carbocycles. The smallest absolute Gasteiger partial charge is 0.214 e. The quantitative estimate of drug-likeness (QED) is 0.531. The predicted octanol–water partition coefficient (Wildman–Crippen LogP) is 6.11. The Bertz CT molecular complexity index is 1090. The maximum absolute atomic E-state index is 6.49. The molecule has 2 aliphatic rings. The third-order valence-corrected chi connectivity index (χ3v) is 7.86. The molecule has 4 heteroatoms. The molecule has 3 aromatic heterocycles. The van der Waals surface area contributed by atoms with Crippen LogP contribution >= 0.6 is 0 Å². The van der Waals surface area contributed by atoms with Crippen LogP contribution in [0.2, 0.25) is 0 Å². The molecule has 0 amide bonds. The zero-order valence-corrected chi connectivity index (χ0v) is 18.2. The van der Waals surface area contributed by atoms with Crippen LogP contribution in [0.4, 0.5) is 0 Å². The summed E-state index contributed by atoms with van der Waals surface area (Å²) in [6, 6.07) is 18.0. The van der Waals surface area contributed by atoms with Crippen LogP contribution in [0.15, 0.2) is 54.6 Å². The van der Waals surface area contributed by atoms with E-state index in [-0.39, 0.29) is 11.5 Å². The third-order valence-electron chi connectivity index (χ3n) is 7.86. The Morgan fingerprint density at radius 1 is 0.800 bits per heavy atom. The van der Waals surface area contributed by atoms with Gasteiger partial charge in [-0.3, -0.25) is 4.98 Å². The summed E-state index contributed by atoms with van der Waals surface area (Å²) in [5, 5.41) is 0. The van der Waals surface area contributed by atoms with Crippen molar-refractivity contribution in [3.8, 4) is 28.7 Å². The molecule has 30 heavy (non-hydrogen) atoms. The molecule has 4 nitrogen and oxygen atoms in total. The van der Waals surface area contributed by atoms with Crippen molar-refractivity contribution < 1.29 is 4.74 Å². The Morgan fingerprint density at radius 2 is 1.40 bits per heavy atom. The molecular weight excluding hydrogens is 370 g/mol. The van der Waals surface area contributed by atoms with Crippen molar-refractivity contribution in [2.24, 2.45) is 16.7 Å². The SMILES string of the molecule is Cc1cccc(-c2cccc(-c3cccc(O[C@H]4C[C@H]5CC[C@]4(C)C5(C)C)n3)n2)n1. The summed E-state index contributed by atoms with van der Waals surface area (Å²) >= 11 is 0. The van der Waals surface area contributed by atoms with E-state index in [0.717, 1.165) is 40.8 Å². The lowest BCUT2D eigenvalue weighted by Gasteiger charge is -2.38. The maximum Gasteiger partial charge on any atom is 0.214 e. The number of aryl methyl sites for hydroxylation is 1. The lowest BCUT2D eigenvalue weighted by molar-refractivity contribution is 0.0274. The van der Waals surface area contributed by atoms with E-state index >= 15 is 0 Å². The van der Waals surface area contributed by atoms with Crippen molar-refractivity contribution in [3.63, 3.8) is 0 Å². The number of hydrogen-bond donors (Lipinski definition) is 0. The average molecular weight is 400 g/mol. The second-order valence-corrected chi connectivity index (χ2v) is 9.65. The van der Waals surface area contributed by atoms with Gasteiger partial charge in [0.25, 0.3) is 0 Å². The van der Waals surface area contributed by atoms with E-state index in [1.165, 1.54) is 12.8 Å². The summed E-state index contributed by atoms with van der Waals surface area (Å²) in [4.78, 5) is 14.2. The van der Waals surface area contributed by atoms with Crippen LogP contribution in [0.1, 0.15) is 45.7 Å². The summed E-state index contributed by atoms with van der Waals surface area (Å²) < 4.78 is 6.49. The van der Waals surface area contributed by atoms with Gasteiger partial charge in [-0.25, -0.2) is 9.97 Å². The maximum atomic E-state index is 6.49. The van der Waals surface area contributed by atoms with Gasteiger partial charge in [0.1, 0.15) is 6.10 Å². The molecule has 154 valence electrons. The van der Waals surface area contributed by atoms with Gasteiger partial charge in [0.15, 0.2) is 0 Å². The van der Waals surface area contributed by atoms with Gasteiger partial charge in [0.05, 0.1) is 22.8 Å². The number of rotatable bonds is 4. The molecule has 5 rings (SSSR count). The first-order chi connectivity index (χ1) is 14.4. The number of nitrogens with zero attached hydrogens (tertiary/aromatic N) is 3. The van der Waals surface area contributed by atoms with Crippen LogP contribution in [0, 0.1) is 23.7 Å². The summed E-state index contributed by atoms with van der Waals surface area (Å²) in [6.45, 7) is 9.21. The fraction of sp³-hybridized carbons (Fsp3) is 0.423. The lowest BCUT2D eigenvalue weighted by Crippen LogP contribution is -2.39. The first-order valence-electron chi connectivity index (χ1n) is 10.9. The van der Waals surface area contributed by atoms with Gasteiger partial charge in [-0.1, -0.05) is 39.0 Å². The van der Waals surface area contributed by atoms with Gasteiger partial charge < -0.3 is 4.74 Å². The van der Waals surface area contributed by atoms with Gasteiger partial charge in [-0.2, -0.15) is 0 Å². The van der Waals surface area contributed by atoms with Crippen molar-refractivity contribution >= 4 is 0 Å². The zero-order valence-electron chi connectivity index (χ0n) is 18.2. The molecule has 2 bridgehead atoms. The van der Waals surface area contributed by atoms with Crippen molar-refractivity contribution in [1.82, 2.24) is 15.0 Å². The first-order valence-corrected chi connectivity index (χ1v) is 10.9. The van der Waals surface area contributed by atoms with Gasteiger partial charge >= 0.3 is 0 Å². The zero-order chi connectivity index (χ0) is 20.9. The largest absolute Gasteiger partial charge is 0.474 e. The fourth-order valence-electron chi connectivity index (χ4n) is 5.48. The third kappa shape index (κ3) is 3.01. The Balaban J connectivity index is 1.42. The van der Waals surface area contributed by atoms with Gasteiger partial charge in [-0.05, 0) is 67.9 Å². The Morgan fingerprint density at radius 3 is 2.00 bits per heavy atom. The van der Waals surface area contributed by atoms with Crippen LogP contribution in [-0.2, 0) is 0 Å². The highest BCUT2D eigenvalue weighted by Crippen LogP contribution is 2.66. The topological polar surface area (TPSA) is 47.9 Å². The monoisotopic (exact) mass is 399 g/mol. The molecule has 0 unspecified atom stereocenters. The summed E-state index contributed by atoms with van der Waals surface area (Å²) in [6.07, 6.45) is 3.91. The van der Waals surface area contributed by atoms with Gasteiger partial charge in [0, 0.05) is 17.2 Å². The van der Waals surface area contributed by atoms with Crippen LogP contribution in [0.3, 0.4) is 0 Å². The molecule has 0 aliphatic heterocycles. The highest BCUT2D eigenvalue weighted by molar-refractivity contribution is 5.62. The molecule has 0 aromatic carbocycles. The average Bonchev–Trinajstić information content (AvgIpc) is 3.08. The van der Waals surface area contributed by atoms with Gasteiger partial charge in [0.2, 0.25) is 5.88 Å². The van der Waals surface area contributed by atoms with E-state index in [2.05, 4.69) is 25.8 Å². The van der Waals surface area contributed by atoms with E-state index in [4.69, 9.17) is 14.7 Å². The second-order valence-electron chi connectivity index (χ2n) is 9.65. The lowest BCUT2D eigenvalue weighted by atomic mass is 9.70. The minimum atomic E-state index is 0.213. The number of ether oxygens (including phenoxy) is 1. The molecule has 3 atom stereocenters. The summed E-state index contributed by atoms with van der Waals surface area (Å²) in [5.74, 6) is 1.44. The normalized spacial score (nSPS) is 26.7. The Labute approximate surface area is 178 Å². The molecule has 0 N–H and O–H groups in total. The predicted molar refractivity (Wildman–Crippen MR) is 119 cm³/mol. The Hall–Kier alpha value is -2.75. The standard InChI is InChI=1S/C26H29N3O/c1-17-8-5-9-19(27-17)20-10-6-11-21(28-20)22-12-7-13-24(29-22)30-23-16-18-14-15-26(23,4)25(18,2)3/h5-13,18,23H,14-16H2,1-4H3/t18-,23+,26+/m1/s1. The van der Waals surface area contributed by atoms with Crippen LogP contribution in [-0.4, -0.2) is 21.1 Å². The van der Waals surface area contributed by atoms with E-state index in [9.17, 15) is 0 Å².